The Bertz CT molecular complexity index is 385. The molecule has 0 atom stereocenters. The van der Waals surface area contributed by atoms with Gasteiger partial charge in [-0.1, -0.05) is 28.1 Å². The third kappa shape index (κ3) is 1.71. The predicted molar refractivity (Wildman–Crippen MR) is 69.8 cm³/mol. The molecule has 1 aromatic rings. The molecule has 1 aromatic carbocycles. The lowest BCUT2D eigenvalue weighted by atomic mass is 9.65. The Morgan fingerprint density at radius 2 is 2.06 bits per heavy atom. The quantitative estimate of drug-likeness (QED) is 0.921. The zero-order valence-corrected chi connectivity index (χ0v) is 11.6. The van der Waals surface area contributed by atoms with Gasteiger partial charge in [0.25, 0.3) is 0 Å². The van der Waals surface area contributed by atoms with Crippen LogP contribution in [0.3, 0.4) is 0 Å². The summed E-state index contributed by atoms with van der Waals surface area (Å²) in [4.78, 5) is 0. The zero-order chi connectivity index (χ0) is 11.8. The first-order valence-electron chi connectivity index (χ1n) is 5.54. The minimum absolute atomic E-state index is 0.0338. The van der Waals surface area contributed by atoms with Crippen LogP contribution in [-0.2, 0) is 10.2 Å². The first-order chi connectivity index (χ1) is 7.52. The van der Waals surface area contributed by atoms with Crippen molar-refractivity contribution < 1.29 is 4.74 Å². The van der Waals surface area contributed by atoms with Gasteiger partial charge in [-0.05, 0) is 38.6 Å². The second-order valence-electron chi connectivity index (χ2n) is 4.96. The minimum Gasteiger partial charge on any atom is -0.379 e. The maximum absolute atomic E-state index is 5.47. The number of likely N-dealkylation sites (N-methyl/N-ethyl adjacent to an activating group) is 1. The third-order valence-corrected chi connectivity index (χ3v) is 4.39. The van der Waals surface area contributed by atoms with Gasteiger partial charge in [0.1, 0.15) is 0 Å². The fourth-order valence-corrected chi connectivity index (χ4v) is 2.62. The Hall–Kier alpha value is -0.380. The Balaban J connectivity index is 2.43. The van der Waals surface area contributed by atoms with Gasteiger partial charge in [0.2, 0.25) is 0 Å². The molecule has 88 valence electrons. The lowest BCUT2D eigenvalue weighted by Crippen LogP contribution is -2.65. The molecule has 2 nitrogen and oxygen atoms in total. The van der Waals surface area contributed by atoms with Crippen LogP contribution in [0.15, 0.2) is 28.7 Å². The summed E-state index contributed by atoms with van der Waals surface area (Å²) in [6, 6.07) is 8.53. The van der Waals surface area contributed by atoms with Crippen molar-refractivity contribution in [2.75, 3.05) is 20.3 Å². The van der Waals surface area contributed by atoms with Gasteiger partial charge >= 0.3 is 0 Å². The summed E-state index contributed by atoms with van der Waals surface area (Å²) >= 11 is 3.54. The number of rotatable bonds is 3. The number of benzene rings is 1. The molecular weight excluding hydrogens is 266 g/mol. The predicted octanol–water partition coefficient (Wildman–Crippen LogP) is 2.72. The van der Waals surface area contributed by atoms with Crippen LogP contribution in [0.25, 0.3) is 0 Å². The molecule has 0 unspecified atom stereocenters. The first kappa shape index (κ1) is 12.1. The van der Waals surface area contributed by atoms with E-state index < -0.39 is 0 Å². The summed E-state index contributed by atoms with van der Waals surface area (Å²) in [6.45, 7) is 6.04. The minimum atomic E-state index is 0.0338. The van der Waals surface area contributed by atoms with E-state index in [1.165, 1.54) is 5.56 Å². The number of hydrogen-bond donors (Lipinski definition) is 1. The van der Waals surface area contributed by atoms with E-state index >= 15 is 0 Å². The van der Waals surface area contributed by atoms with E-state index in [2.05, 4.69) is 59.4 Å². The van der Waals surface area contributed by atoms with Crippen molar-refractivity contribution in [1.29, 1.82) is 0 Å². The second kappa shape index (κ2) is 4.13. The first-order valence-corrected chi connectivity index (χ1v) is 6.34. The number of ether oxygens (including phenoxy) is 1. The third-order valence-electron chi connectivity index (χ3n) is 3.90. The zero-order valence-electron chi connectivity index (χ0n) is 10.0. The van der Waals surface area contributed by atoms with Crippen LogP contribution in [0.5, 0.6) is 0 Å². The van der Waals surface area contributed by atoms with Gasteiger partial charge in [-0.3, -0.25) is 0 Å². The van der Waals surface area contributed by atoms with E-state index in [9.17, 15) is 0 Å². The summed E-state index contributed by atoms with van der Waals surface area (Å²) in [5.41, 5.74) is 1.46. The molecular formula is C13H18BrNO. The van der Waals surface area contributed by atoms with E-state index in [0.717, 1.165) is 17.7 Å². The van der Waals surface area contributed by atoms with Gasteiger partial charge in [-0.2, -0.15) is 0 Å². The average molecular weight is 284 g/mol. The van der Waals surface area contributed by atoms with Crippen LogP contribution < -0.4 is 5.32 Å². The van der Waals surface area contributed by atoms with Crippen LogP contribution in [0.2, 0.25) is 0 Å². The monoisotopic (exact) mass is 283 g/mol. The van der Waals surface area contributed by atoms with E-state index in [1.54, 1.807) is 0 Å². The molecule has 1 fully saturated rings. The van der Waals surface area contributed by atoms with Crippen molar-refractivity contribution >= 4 is 15.9 Å². The summed E-state index contributed by atoms with van der Waals surface area (Å²) in [6.07, 6.45) is 0. The van der Waals surface area contributed by atoms with Crippen LogP contribution in [0.1, 0.15) is 19.4 Å². The standard InChI is InChI=1S/C13H18BrNO/c1-12(2,15-3)13(8-16-9-13)10-5-4-6-11(14)7-10/h4-7,15H,8-9H2,1-3H3. The topological polar surface area (TPSA) is 21.3 Å². The van der Waals surface area contributed by atoms with Crippen molar-refractivity contribution in [2.24, 2.45) is 0 Å². The SMILES string of the molecule is CNC(C)(C)C1(c2cccc(Br)c2)COC1. The molecule has 1 N–H and O–H groups in total. The molecule has 3 heteroatoms. The summed E-state index contributed by atoms with van der Waals surface area (Å²) in [5.74, 6) is 0. The van der Waals surface area contributed by atoms with Crippen LogP contribution in [-0.4, -0.2) is 25.8 Å². The molecule has 2 rings (SSSR count). The smallest absolute Gasteiger partial charge is 0.0603 e. The number of nitrogens with one attached hydrogen (secondary N) is 1. The summed E-state index contributed by atoms with van der Waals surface area (Å²) in [5, 5.41) is 3.41. The van der Waals surface area contributed by atoms with Crippen LogP contribution in [0, 0.1) is 0 Å². The highest BCUT2D eigenvalue weighted by Gasteiger charge is 2.51. The Kier molecular flexibility index (Phi) is 3.12. The largest absolute Gasteiger partial charge is 0.379 e. The van der Waals surface area contributed by atoms with Crippen molar-refractivity contribution in [2.45, 2.75) is 24.8 Å². The van der Waals surface area contributed by atoms with Gasteiger partial charge < -0.3 is 10.1 Å². The van der Waals surface area contributed by atoms with E-state index in [1.807, 2.05) is 7.05 Å². The van der Waals surface area contributed by atoms with Crippen LogP contribution >= 0.6 is 15.9 Å². The highest BCUT2D eigenvalue weighted by molar-refractivity contribution is 9.10. The summed E-state index contributed by atoms with van der Waals surface area (Å²) < 4.78 is 6.59. The molecule has 1 heterocycles. The Morgan fingerprint density at radius 1 is 1.38 bits per heavy atom. The van der Waals surface area contributed by atoms with Gasteiger partial charge in [-0.25, -0.2) is 0 Å². The van der Waals surface area contributed by atoms with Crippen molar-refractivity contribution in [3.8, 4) is 0 Å². The van der Waals surface area contributed by atoms with Gasteiger partial charge in [0.05, 0.1) is 18.6 Å². The molecule has 1 aliphatic rings. The van der Waals surface area contributed by atoms with E-state index in [4.69, 9.17) is 4.74 Å². The van der Waals surface area contributed by atoms with Crippen molar-refractivity contribution in [3.05, 3.63) is 34.3 Å². The number of hydrogen-bond acceptors (Lipinski definition) is 2. The number of halogens is 1. The molecule has 0 amide bonds. The molecule has 0 bridgehead atoms. The van der Waals surface area contributed by atoms with Gasteiger partial charge in [0.15, 0.2) is 0 Å². The second-order valence-corrected chi connectivity index (χ2v) is 5.88. The van der Waals surface area contributed by atoms with Gasteiger partial charge in [0, 0.05) is 10.0 Å². The molecule has 0 aromatic heterocycles. The van der Waals surface area contributed by atoms with Crippen molar-refractivity contribution in [3.63, 3.8) is 0 Å². The lowest BCUT2D eigenvalue weighted by Gasteiger charge is -2.52. The lowest BCUT2D eigenvalue weighted by molar-refractivity contribution is -0.0991. The average Bonchev–Trinajstić information content (AvgIpc) is 2.15. The highest BCUT2D eigenvalue weighted by atomic mass is 79.9. The van der Waals surface area contributed by atoms with E-state index in [0.29, 0.717) is 0 Å². The van der Waals surface area contributed by atoms with Gasteiger partial charge in [-0.15, -0.1) is 0 Å². The molecule has 16 heavy (non-hydrogen) atoms. The molecule has 0 radical (unpaired) electrons. The molecule has 0 aliphatic carbocycles. The Labute approximate surface area is 106 Å². The van der Waals surface area contributed by atoms with Crippen molar-refractivity contribution in [1.82, 2.24) is 5.32 Å². The molecule has 1 saturated heterocycles. The summed E-state index contributed by atoms with van der Waals surface area (Å²) in [7, 11) is 2.01. The molecule has 1 aliphatic heterocycles. The molecule has 0 saturated carbocycles. The normalized spacial score (nSPS) is 19.2. The highest BCUT2D eigenvalue weighted by Crippen LogP contribution is 2.42. The fraction of sp³-hybridized carbons (Fsp3) is 0.538. The maximum atomic E-state index is 5.47. The van der Waals surface area contributed by atoms with E-state index in [-0.39, 0.29) is 11.0 Å². The fourth-order valence-electron chi connectivity index (χ4n) is 2.22. The van der Waals surface area contributed by atoms with Crippen LogP contribution in [0.4, 0.5) is 0 Å². The molecule has 0 spiro atoms. The maximum Gasteiger partial charge on any atom is 0.0603 e. The Morgan fingerprint density at radius 3 is 2.50 bits per heavy atom.